The molecule has 0 amide bonds. The normalized spacial score (nSPS) is 14.9. The second-order valence-electron chi connectivity index (χ2n) is 5.27. The van der Waals surface area contributed by atoms with Crippen LogP contribution in [-0.2, 0) is 0 Å². The molecule has 0 spiro atoms. The zero-order valence-electron chi connectivity index (χ0n) is 12.0. The van der Waals surface area contributed by atoms with Gasteiger partial charge < -0.3 is 14.6 Å². The molecule has 0 bridgehead atoms. The largest absolute Gasteiger partial charge is 0.486 e. The van der Waals surface area contributed by atoms with Gasteiger partial charge in [-0.15, -0.1) is 0 Å². The van der Waals surface area contributed by atoms with Crippen LogP contribution >= 0.6 is 15.9 Å². The molecule has 0 saturated carbocycles. The summed E-state index contributed by atoms with van der Waals surface area (Å²) in [6.07, 6.45) is -0.675. The van der Waals surface area contributed by atoms with Gasteiger partial charge in [0.2, 0.25) is 0 Å². The van der Waals surface area contributed by atoms with Crippen LogP contribution in [0.15, 0.2) is 34.8 Å². The van der Waals surface area contributed by atoms with Gasteiger partial charge in [-0.25, -0.2) is 0 Å². The van der Waals surface area contributed by atoms with E-state index in [2.05, 4.69) is 15.9 Å². The fourth-order valence-corrected chi connectivity index (χ4v) is 2.79. The van der Waals surface area contributed by atoms with Crippen LogP contribution in [0.4, 0.5) is 0 Å². The van der Waals surface area contributed by atoms with Gasteiger partial charge in [0.25, 0.3) is 0 Å². The Bertz CT molecular complexity index is 659. The minimum Gasteiger partial charge on any atom is -0.486 e. The summed E-state index contributed by atoms with van der Waals surface area (Å²) in [7, 11) is 0. The summed E-state index contributed by atoms with van der Waals surface area (Å²) in [5.74, 6) is 1.43. The zero-order valence-corrected chi connectivity index (χ0v) is 13.6. The van der Waals surface area contributed by atoms with Gasteiger partial charge in [-0.05, 0) is 48.2 Å². The minimum absolute atomic E-state index is 0.545. The fourth-order valence-electron chi connectivity index (χ4n) is 2.56. The molecule has 2 aromatic carbocycles. The van der Waals surface area contributed by atoms with Crippen molar-refractivity contribution in [2.45, 2.75) is 20.0 Å². The lowest BCUT2D eigenvalue weighted by Crippen LogP contribution is -2.15. The number of ether oxygens (including phenoxy) is 2. The van der Waals surface area contributed by atoms with Crippen LogP contribution in [0.3, 0.4) is 0 Å². The van der Waals surface area contributed by atoms with Crippen molar-refractivity contribution < 1.29 is 14.6 Å². The van der Waals surface area contributed by atoms with Crippen molar-refractivity contribution in [3.63, 3.8) is 0 Å². The van der Waals surface area contributed by atoms with Crippen molar-refractivity contribution in [2.24, 2.45) is 0 Å². The number of aliphatic hydroxyl groups excluding tert-OH is 1. The summed E-state index contributed by atoms with van der Waals surface area (Å²) in [5, 5.41) is 10.6. The summed E-state index contributed by atoms with van der Waals surface area (Å²) in [6, 6.07) is 9.58. The maximum atomic E-state index is 10.6. The third-order valence-electron chi connectivity index (χ3n) is 3.66. The molecule has 0 fully saturated rings. The molecule has 1 heterocycles. The Morgan fingerprint density at radius 2 is 1.57 bits per heavy atom. The standard InChI is InChI=1S/C17H17BrO3/c1-10-7-13(8-11(2)16(10)18)17(19)12-3-4-14-15(9-12)21-6-5-20-14/h3-4,7-9,17,19H,5-6H2,1-2H3. The maximum absolute atomic E-state index is 10.6. The molecule has 3 rings (SSSR count). The third kappa shape index (κ3) is 2.78. The maximum Gasteiger partial charge on any atom is 0.161 e. The smallest absolute Gasteiger partial charge is 0.161 e. The first-order valence-electron chi connectivity index (χ1n) is 6.90. The molecule has 1 aliphatic heterocycles. The van der Waals surface area contributed by atoms with Crippen molar-refractivity contribution >= 4 is 15.9 Å². The predicted octanol–water partition coefficient (Wildman–Crippen LogP) is 3.92. The van der Waals surface area contributed by atoms with E-state index in [-0.39, 0.29) is 0 Å². The number of aliphatic hydroxyl groups is 1. The molecule has 21 heavy (non-hydrogen) atoms. The number of aryl methyl sites for hydroxylation is 2. The molecule has 0 aliphatic carbocycles. The number of hydrogen-bond acceptors (Lipinski definition) is 3. The van der Waals surface area contributed by atoms with E-state index < -0.39 is 6.10 Å². The van der Waals surface area contributed by atoms with Crippen LogP contribution in [0.25, 0.3) is 0 Å². The van der Waals surface area contributed by atoms with E-state index in [1.165, 1.54) is 0 Å². The lowest BCUT2D eigenvalue weighted by atomic mass is 9.97. The van der Waals surface area contributed by atoms with E-state index in [0.29, 0.717) is 19.0 Å². The number of benzene rings is 2. The Morgan fingerprint density at radius 1 is 0.952 bits per heavy atom. The highest BCUT2D eigenvalue weighted by molar-refractivity contribution is 9.10. The molecule has 1 atom stereocenters. The van der Waals surface area contributed by atoms with Crippen molar-refractivity contribution in [1.82, 2.24) is 0 Å². The van der Waals surface area contributed by atoms with Gasteiger partial charge in [0, 0.05) is 4.47 Å². The summed E-state index contributed by atoms with van der Waals surface area (Å²) in [5.41, 5.74) is 3.91. The van der Waals surface area contributed by atoms with E-state index in [1.54, 1.807) is 0 Å². The fraction of sp³-hybridized carbons (Fsp3) is 0.294. The molecule has 1 N–H and O–H groups in total. The van der Waals surface area contributed by atoms with Gasteiger partial charge >= 0.3 is 0 Å². The zero-order chi connectivity index (χ0) is 15.0. The second kappa shape index (κ2) is 5.70. The Labute approximate surface area is 132 Å². The Balaban J connectivity index is 1.96. The van der Waals surface area contributed by atoms with E-state index in [9.17, 15) is 5.11 Å². The number of halogens is 1. The van der Waals surface area contributed by atoms with Crippen LogP contribution in [-0.4, -0.2) is 18.3 Å². The molecule has 1 unspecified atom stereocenters. The molecule has 0 aromatic heterocycles. The summed E-state index contributed by atoms with van der Waals surface area (Å²) in [6.45, 7) is 5.16. The predicted molar refractivity (Wildman–Crippen MR) is 85.1 cm³/mol. The van der Waals surface area contributed by atoms with Gasteiger partial charge in [-0.3, -0.25) is 0 Å². The highest BCUT2D eigenvalue weighted by atomic mass is 79.9. The molecular weight excluding hydrogens is 332 g/mol. The van der Waals surface area contributed by atoms with Crippen LogP contribution in [0.5, 0.6) is 11.5 Å². The van der Waals surface area contributed by atoms with Crippen molar-refractivity contribution in [1.29, 1.82) is 0 Å². The first-order valence-corrected chi connectivity index (χ1v) is 7.70. The summed E-state index contributed by atoms with van der Waals surface area (Å²) in [4.78, 5) is 0. The van der Waals surface area contributed by atoms with E-state index in [1.807, 2.05) is 44.2 Å². The van der Waals surface area contributed by atoms with E-state index >= 15 is 0 Å². The Morgan fingerprint density at radius 3 is 2.24 bits per heavy atom. The van der Waals surface area contributed by atoms with Gasteiger partial charge in [0.1, 0.15) is 19.3 Å². The molecule has 0 radical (unpaired) electrons. The lowest BCUT2D eigenvalue weighted by molar-refractivity contribution is 0.169. The molecule has 4 heteroatoms. The average molecular weight is 349 g/mol. The molecular formula is C17H17BrO3. The lowest BCUT2D eigenvalue weighted by Gasteiger charge is -2.21. The van der Waals surface area contributed by atoms with Gasteiger partial charge in [-0.1, -0.05) is 34.1 Å². The summed E-state index contributed by atoms with van der Waals surface area (Å²) < 4.78 is 12.2. The van der Waals surface area contributed by atoms with Crippen LogP contribution in [0.2, 0.25) is 0 Å². The van der Waals surface area contributed by atoms with Crippen LogP contribution in [0, 0.1) is 13.8 Å². The highest BCUT2D eigenvalue weighted by Crippen LogP contribution is 2.35. The van der Waals surface area contributed by atoms with Crippen molar-refractivity contribution in [2.75, 3.05) is 13.2 Å². The minimum atomic E-state index is -0.675. The van der Waals surface area contributed by atoms with Gasteiger partial charge in [0.15, 0.2) is 11.5 Å². The molecule has 0 saturated heterocycles. The van der Waals surface area contributed by atoms with Crippen molar-refractivity contribution in [3.8, 4) is 11.5 Å². The van der Waals surface area contributed by atoms with Gasteiger partial charge in [-0.2, -0.15) is 0 Å². The summed E-state index contributed by atoms with van der Waals surface area (Å²) >= 11 is 3.55. The quantitative estimate of drug-likeness (QED) is 0.893. The second-order valence-corrected chi connectivity index (χ2v) is 6.07. The average Bonchev–Trinajstić information content (AvgIpc) is 2.51. The molecule has 2 aromatic rings. The molecule has 1 aliphatic rings. The van der Waals surface area contributed by atoms with Crippen LogP contribution in [0.1, 0.15) is 28.4 Å². The topological polar surface area (TPSA) is 38.7 Å². The highest BCUT2D eigenvalue weighted by Gasteiger charge is 2.17. The Kier molecular flexibility index (Phi) is 3.91. The number of rotatable bonds is 2. The number of hydrogen-bond donors (Lipinski definition) is 1. The Hall–Kier alpha value is -1.52. The first kappa shape index (κ1) is 14.4. The van der Waals surface area contributed by atoms with E-state index in [0.717, 1.165) is 32.5 Å². The van der Waals surface area contributed by atoms with Crippen LogP contribution < -0.4 is 9.47 Å². The first-order chi connectivity index (χ1) is 10.1. The molecule has 110 valence electrons. The monoisotopic (exact) mass is 348 g/mol. The third-order valence-corrected chi connectivity index (χ3v) is 4.91. The van der Waals surface area contributed by atoms with Crippen molar-refractivity contribution in [3.05, 3.63) is 57.1 Å². The van der Waals surface area contributed by atoms with E-state index in [4.69, 9.17) is 9.47 Å². The SMILES string of the molecule is Cc1cc(C(O)c2ccc3c(c2)OCCO3)cc(C)c1Br. The number of fused-ring (bicyclic) bond motifs is 1. The molecule has 3 nitrogen and oxygen atoms in total. The van der Waals surface area contributed by atoms with Gasteiger partial charge in [0.05, 0.1) is 0 Å².